The van der Waals surface area contributed by atoms with Crippen LogP contribution in [0.25, 0.3) is 22.7 Å². The summed E-state index contributed by atoms with van der Waals surface area (Å²) in [6.07, 6.45) is 1.58. The van der Waals surface area contributed by atoms with Crippen LogP contribution < -0.4 is 5.32 Å². The van der Waals surface area contributed by atoms with Crippen LogP contribution in [0.1, 0.15) is 30.2 Å². The second-order valence-corrected chi connectivity index (χ2v) is 9.69. The Morgan fingerprint density at radius 2 is 2.00 bits per heavy atom. The average Bonchev–Trinajstić information content (AvgIpc) is 3.57. The zero-order valence-electron chi connectivity index (χ0n) is 18.6. The van der Waals surface area contributed by atoms with Crippen molar-refractivity contribution >= 4 is 51.6 Å². The van der Waals surface area contributed by atoms with Gasteiger partial charge in [0, 0.05) is 22.0 Å². The number of carbonyl (C=O) groups is 2. The number of nitrogens with zero attached hydrogens (tertiary/aromatic N) is 3. The molecule has 0 unspecified atom stereocenters. The number of carbonyl (C=O) groups excluding carboxylic acids is 2. The number of thiophene rings is 1. The summed E-state index contributed by atoms with van der Waals surface area (Å²) >= 11 is 8.50. The number of nitrogens with one attached hydrogen (secondary N) is 1. The predicted octanol–water partition coefficient (Wildman–Crippen LogP) is 6.02. The largest absolute Gasteiger partial charge is 0.465 e. The molecule has 176 valence electrons. The van der Waals surface area contributed by atoms with Crippen LogP contribution in [-0.4, -0.2) is 39.5 Å². The van der Waals surface area contributed by atoms with Gasteiger partial charge in [-0.3, -0.25) is 9.36 Å². The van der Waals surface area contributed by atoms with Gasteiger partial charge >= 0.3 is 5.97 Å². The fourth-order valence-electron chi connectivity index (χ4n) is 3.30. The van der Waals surface area contributed by atoms with Gasteiger partial charge in [0.15, 0.2) is 10.9 Å². The fourth-order valence-corrected chi connectivity index (χ4v) is 5.27. The molecule has 0 saturated carbocycles. The van der Waals surface area contributed by atoms with Crippen LogP contribution in [0.2, 0.25) is 5.02 Å². The first kappa shape index (κ1) is 24.1. The summed E-state index contributed by atoms with van der Waals surface area (Å²) in [5.74, 6) is 0.474. The number of halogens is 1. The number of methoxy groups -OCH3 is 1. The van der Waals surface area contributed by atoms with Gasteiger partial charge in [-0.15, -0.1) is 21.5 Å². The van der Waals surface area contributed by atoms with Crippen LogP contribution in [0.15, 0.2) is 57.6 Å². The molecule has 4 aromatic rings. The van der Waals surface area contributed by atoms with Crippen LogP contribution in [-0.2, 0) is 9.53 Å². The minimum atomic E-state index is -0.531. The first-order valence-electron chi connectivity index (χ1n) is 10.3. The van der Waals surface area contributed by atoms with Crippen molar-refractivity contribution in [3.63, 3.8) is 0 Å². The van der Waals surface area contributed by atoms with Crippen LogP contribution in [0.4, 0.5) is 5.00 Å². The molecule has 0 atom stereocenters. The maximum absolute atomic E-state index is 12.8. The Morgan fingerprint density at radius 1 is 1.24 bits per heavy atom. The number of hydrogen-bond acceptors (Lipinski definition) is 8. The van der Waals surface area contributed by atoms with E-state index in [0.717, 1.165) is 5.56 Å². The number of aromatic nitrogens is 3. The van der Waals surface area contributed by atoms with Crippen molar-refractivity contribution < 1.29 is 18.7 Å². The van der Waals surface area contributed by atoms with E-state index in [0.29, 0.717) is 37.9 Å². The molecule has 1 amide bonds. The van der Waals surface area contributed by atoms with Gasteiger partial charge in [-0.25, -0.2) is 4.79 Å². The Balaban J connectivity index is 1.52. The van der Waals surface area contributed by atoms with E-state index in [-0.39, 0.29) is 17.7 Å². The lowest BCUT2D eigenvalue weighted by Gasteiger charge is -2.12. The number of esters is 1. The molecule has 0 saturated heterocycles. The van der Waals surface area contributed by atoms with E-state index in [9.17, 15) is 9.59 Å². The molecule has 8 nitrogen and oxygen atoms in total. The Kier molecular flexibility index (Phi) is 7.40. The molecular weight excluding hydrogens is 496 g/mol. The number of ether oxygens (including phenoxy) is 1. The van der Waals surface area contributed by atoms with Crippen LogP contribution >= 0.6 is 34.7 Å². The molecule has 1 N–H and O–H groups in total. The Morgan fingerprint density at radius 3 is 2.65 bits per heavy atom. The number of hydrogen-bond donors (Lipinski definition) is 1. The lowest BCUT2D eigenvalue weighted by Crippen LogP contribution is -2.16. The quantitative estimate of drug-likeness (QED) is 0.226. The number of anilines is 1. The zero-order valence-corrected chi connectivity index (χ0v) is 21.0. The molecule has 0 aliphatic carbocycles. The third-order valence-corrected chi connectivity index (χ3v) is 6.93. The number of rotatable bonds is 8. The molecular formula is C23H21ClN4O4S2. The summed E-state index contributed by atoms with van der Waals surface area (Å²) in [7, 11) is 1.31. The topological polar surface area (TPSA) is 99.2 Å². The first-order valence-corrected chi connectivity index (χ1v) is 12.5. The van der Waals surface area contributed by atoms with Crippen molar-refractivity contribution in [3.8, 4) is 22.7 Å². The molecule has 34 heavy (non-hydrogen) atoms. The van der Waals surface area contributed by atoms with Gasteiger partial charge < -0.3 is 14.5 Å². The van der Waals surface area contributed by atoms with Crippen molar-refractivity contribution in [2.75, 3.05) is 18.2 Å². The standard InChI is InChI=1S/C23H21ClN4O4S2/c1-13(2)28-20(17-5-4-10-32-17)26-27-23(28)34-12-18(29)25-21-19(22(30)31-3)16(11-33-21)14-6-8-15(24)9-7-14/h4-11,13H,12H2,1-3H3,(H,25,29). The Labute approximate surface area is 209 Å². The van der Waals surface area contributed by atoms with E-state index < -0.39 is 5.97 Å². The van der Waals surface area contributed by atoms with E-state index in [2.05, 4.69) is 15.5 Å². The van der Waals surface area contributed by atoms with E-state index in [4.69, 9.17) is 20.8 Å². The van der Waals surface area contributed by atoms with Crippen LogP contribution in [0, 0.1) is 0 Å². The summed E-state index contributed by atoms with van der Waals surface area (Å²) < 4.78 is 12.3. The van der Waals surface area contributed by atoms with Crippen molar-refractivity contribution in [2.24, 2.45) is 0 Å². The van der Waals surface area contributed by atoms with Crippen LogP contribution in [0.5, 0.6) is 0 Å². The summed E-state index contributed by atoms with van der Waals surface area (Å²) in [6.45, 7) is 4.01. The molecule has 0 bridgehead atoms. The zero-order chi connectivity index (χ0) is 24.2. The fraction of sp³-hybridized carbons (Fsp3) is 0.217. The number of amides is 1. The van der Waals surface area contributed by atoms with Gasteiger partial charge in [-0.1, -0.05) is 35.5 Å². The number of furan rings is 1. The average molecular weight is 517 g/mol. The lowest BCUT2D eigenvalue weighted by atomic mass is 10.0. The molecule has 0 aliphatic rings. The molecule has 11 heteroatoms. The monoisotopic (exact) mass is 516 g/mol. The highest BCUT2D eigenvalue weighted by Crippen LogP contribution is 2.37. The van der Waals surface area contributed by atoms with E-state index in [1.165, 1.54) is 30.2 Å². The number of benzene rings is 1. The second kappa shape index (κ2) is 10.5. The molecule has 1 aromatic carbocycles. The molecule has 3 heterocycles. The summed E-state index contributed by atoms with van der Waals surface area (Å²) in [4.78, 5) is 25.3. The highest BCUT2D eigenvalue weighted by atomic mass is 35.5. The third-order valence-electron chi connectivity index (χ3n) is 4.84. The molecule has 3 aromatic heterocycles. The molecule has 0 fully saturated rings. The highest BCUT2D eigenvalue weighted by Gasteiger charge is 2.23. The summed E-state index contributed by atoms with van der Waals surface area (Å²) in [5, 5.41) is 14.7. The van der Waals surface area contributed by atoms with E-state index >= 15 is 0 Å². The van der Waals surface area contributed by atoms with Gasteiger partial charge in [0.05, 0.1) is 19.1 Å². The second-order valence-electron chi connectivity index (χ2n) is 7.44. The lowest BCUT2D eigenvalue weighted by molar-refractivity contribution is -0.113. The Hall–Kier alpha value is -3.08. The predicted molar refractivity (Wildman–Crippen MR) is 134 cm³/mol. The molecule has 0 spiro atoms. The Bertz CT molecular complexity index is 1300. The maximum atomic E-state index is 12.8. The molecule has 4 rings (SSSR count). The molecule has 0 aliphatic heterocycles. The highest BCUT2D eigenvalue weighted by molar-refractivity contribution is 7.99. The van der Waals surface area contributed by atoms with Gasteiger partial charge in [0.25, 0.3) is 0 Å². The minimum Gasteiger partial charge on any atom is -0.465 e. The van der Waals surface area contributed by atoms with Gasteiger partial charge in [-0.2, -0.15) is 0 Å². The summed E-state index contributed by atoms with van der Waals surface area (Å²) in [6, 6.07) is 10.8. The normalized spacial score (nSPS) is 11.1. The minimum absolute atomic E-state index is 0.0609. The van der Waals surface area contributed by atoms with E-state index in [1.807, 2.05) is 42.0 Å². The van der Waals surface area contributed by atoms with Gasteiger partial charge in [0.1, 0.15) is 10.6 Å². The number of thioether (sulfide) groups is 1. The third kappa shape index (κ3) is 5.03. The summed E-state index contributed by atoms with van der Waals surface area (Å²) in [5.41, 5.74) is 1.77. The van der Waals surface area contributed by atoms with Crippen molar-refractivity contribution in [1.29, 1.82) is 0 Å². The van der Waals surface area contributed by atoms with Gasteiger partial charge in [-0.05, 0) is 43.7 Å². The smallest absolute Gasteiger partial charge is 0.341 e. The maximum Gasteiger partial charge on any atom is 0.341 e. The SMILES string of the molecule is COC(=O)c1c(-c2ccc(Cl)cc2)csc1NC(=O)CSc1nnc(-c2ccco2)n1C(C)C. The van der Waals surface area contributed by atoms with Crippen molar-refractivity contribution in [2.45, 2.75) is 25.0 Å². The van der Waals surface area contributed by atoms with Crippen molar-refractivity contribution in [1.82, 2.24) is 14.8 Å². The van der Waals surface area contributed by atoms with Crippen LogP contribution in [0.3, 0.4) is 0 Å². The van der Waals surface area contributed by atoms with E-state index in [1.54, 1.807) is 24.5 Å². The van der Waals surface area contributed by atoms with Crippen molar-refractivity contribution in [3.05, 3.63) is 58.6 Å². The molecule has 0 radical (unpaired) electrons. The first-order chi connectivity index (χ1) is 16.4. The van der Waals surface area contributed by atoms with Gasteiger partial charge in [0.2, 0.25) is 11.7 Å².